The van der Waals surface area contributed by atoms with Crippen LogP contribution in [0.1, 0.15) is 63.4 Å². The molecular weight excluding hydrogens is 985 g/mol. The molecule has 1 N–H and O–H groups in total. The van der Waals surface area contributed by atoms with Gasteiger partial charge in [-0.1, -0.05) is 139 Å². The van der Waals surface area contributed by atoms with E-state index in [-0.39, 0.29) is 17.7 Å². The first-order valence-electron chi connectivity index (χ1n) is 20.0. The first-order chi connectivity index (χ1) is 30.2. The number of hydrogen-bond acceptors (Lipinski definition) is 16. The van der Waals surface area contributed by atoms with Crippen molar-refractivity contribution in [2.75, 3.05) is 19.8 Å². The average molecular weight is 1030 g/mol. The van der Waals surface area contributed by atoms with Crippen LogP contribution in [0.5, 0.6) is 0 Å². The summed E-state index contributed by atoms with van der Waals surface area (Å²) in [6, 6.07) is 16.3. The minimum Gasteiger partial charge on any atom is -0.455 e. The van der Waals surface area contributed by atoms with E-state index >= 15 is 4.79 Å². The number of Topliss-reactive ketones (excluding diaryl/α,β-unsaturated/α-hetero) is 1. The number of ketones is 1. The first-order valence-corrected chi connectivity index (χ1v) is 22.3. The lowest BCUT2D eigenvalue weighted by atomic mass is 9.44. The maximum atomic E-state index is 16.1. The van der Waals surface area contributed by atoms with Crippen LogP contribution in [-0.2, 0) is 63.9 Å². The van der Waals surface area contributed by atoms with Crippen molar-refractivity contribution in [3.63, 3.8) is 0 Å². The Hall–Kier alpha value is -3.58. The zero-order valence-corrected chi connectivity index (χ0v) is 39.9. The molecule has 0 radical (unpaired) electrons. The summed E-state index contributed by atoms with van der Waals surface area (Å²) in [5.41, 5.74) is -9.08. The average Bonchev–Trinajstić information content (AvgIpc) is 3.21. The topological polar surface area (TPSA) is 206 Å². The van der Waals surface area contributed by atoms with E-state index in [1.54, 1.807) is 48.5 Å². The number of halogens is 6. The van der Waals surface area contributed by atoms with E-state index in [0.717, 1.165) is 6.92 Å². The fourth-order valence-corrected chi connectivity index (χ4v) is 9.85. The van der Waals surface area contributed by atoms with Gasteiger partial charge in [0, 0.05) is 31.1 Å². The van der Waals surface area contributed by atoms with Gasteiger partial charge in [0.05, 0.1) is 23.5 Å². The van der Waals surface area contributed by atoms with Crippen molar-refractivity contribution in [3.05, 3.63) is 82.9 Å². The second kappa shape index (κ2) is 19.2. The summed E-state index contributed by atoms with van der Waals surface area (Å²) < 4.78 is 36.6. The van der Waals surface area contributed by atoms with Crippen LogP contribution >= 0.6 is 69.6 Å². The summed E-state index contributed by atoms with van der Waals surface area (Å²) in [6.45, 7) is 4.50. The van der Waals surface area contributed by atoms with E-state index in [0.29, 0.717) is 5.56 Å². The zero-order valence-electron chi connectivity index (χ0n) is 35.3. The van der Waals surface area contributed by atoms with Crippen molar-refractivity contribution < 1.29 is 76.8 Å². The molecule has 4 aliphatic rings. The molecule has 0 aromatic heterocycles. The summed E-state index contributed by atoms with van der Waals surface area (Å²) in [5, 5.41) is 13.8. The Morgan fingerprint density at radius 1 is 0.815 bits per heavy atom. The van der Waals surface area contributed by atoms with Gasteiger partial charge < -0.3 is 38.3 Å². The molecule has 2 bridgehead atoms. The second-order valence-corrected chi connectivity index (χ2v) is 21.9. The van der Waals surface area contributed by atoms with E-state index in [1.165, 1.54) is 39.8 Å². The van der Waals surface area contributed by atoms with Gasteiger partial charge in [-0.2, -0.15) is 4.89 Å². The molecule has 22 heteroatoms. The zero-order chi connectivity index (χ0) is 47.9. The Morgan fingerprint density at radius 3 is 1.98 bits per heavy atom. The van der Waals surface area contributed by atoms with Crippen LogP contribution in [0.4, 0.5) is 9.59 Å². The number of benzene rings is 2. The highest BCUT2D eigenvalue weighted by molar-refractivity contribution is 6.68. The van der Waals surface area contributed by atoms with Crippen LogP contribution in [0.15, 0.2) is 71.8 Å². The fourth-order valence-electron chi connectivity index (χ4n) is 9.56. The highest BCUT2D eigenvalue weighted by Gasteiger charge is 2.79. The van der Waals surface area contributed by atoms with Crippen molar-refractivity contribution in [3.8, 4) is 0 Å². The monoisotopic (exact) mass is 1030 g/mol. The minimum absolute atomic E-state index is 0.00145. The third-order valence-electron chi connectivity index (χ3n) is 12.5. The Kier molecular flexibility index (Phi) is 15.0. The number of aliphatic hydroxyl groups is 1. The van der Waals surface area contributed by atoms with Crippen molar-refractivity contribution >= 4 is 106 Å². The molecule has 8 unspecified atom stereocenters. The summed E-state index contributed by atoms with van der Waals surface area (Å²) >= 11 is 35.2. The molecule has 0 spiro atoms. The van der Waals surface area contributed by atoms with Crippen LogP contribution in [-0.4, -0.2) is 104 Å². The first kappa shape index (κ1) is 50.8. The molecule has 16 nitrogen and oxygen atoms in total. The number of carbonyl (C=O) groups excluding carboxylic acids is 6. The normalized spacial score (nSPS) is 30.4. The fraction of sp³-hybridized carbons (Fsp3) is 0.535. The number of alkyl halides is 6. The summed E-state index contributed by atoms with van der Waals surface area (Å²) in [7, 11) is 0. The highest BCUT2D eigenvalue weighted by Crippen LogP contribution is 2.65. The minimum atomic E-state index is -2.52. The molecule has 2 aromatic carbocycles. The molecular formula is C43H44Cl6O16. The van der Waals surface area contributed by atoms with Gasteiger partial charge in [0.15, 0.2) is 11.4 Å². The predicted octanol–water partition coefficient (Wildman–Crippen LogP) is 8.07. The van der Waals surface area contributed by atoms with Crippen LogP contribution in [0, 0.1) is 22.7 Å². The van der Waals surface area contributed by atoms with E-state index in [1.807, 2.05) is 0 Å². The Morgan fingerprint density at radius 2 is 1.42 bits per heavy atom. The van der Waals surface area contributed by atoms with E-state index in [9.17, 15) is 29.1 Å². The van der Waals surface area contributed by atoms with Gasteiger partial charge in [-0.05, 0) is 30.2 Å². The predicted molar refractivity (Wildman–Crippen MR) is 231 cm³/mol. The smallest absolute Gasteiger partial charge is 0.455 e. The SMILES string of the molecule is CC(=O)OC12COC1CC(OC(=O)OCC(Cl)(Cl)Cl)[C@@]1(C)C(=O)C(C(=O)OOCC(Cl)(Cl)Cl)=C3C(C)C(OC(=O)OCc4ccccc4)CC(O)(C(OC(=O)c4ccccc4)C21)C3(C)C. The van der Waals surface area contributed by atoms with Crippen LogP contribution < -0.4 is 0 Å². The van der Waals surface area contributed by atoms with Gasteiger partial charge in [0.1, 0.15) is 55.4 Å². The van der Waals surface area contributed by atoms with Crippen LogP contribution in [0.3, 0.4) is 0 Å². The van der Waals surface area contributed by atoms with Crippen molar-refractivity contribution in [1.82, 2.24) is 0 Å². The lowest BCUT2D eigenvalue weighted by Gasteiger charge is -2.67. The van der Waals surface area contributed by atoms with Crippen LogP contribution in [0.2, 0.25) is 0 Å². The third-order valence-corrected chi connectivity index (χ3v) is 13.2. The molecule has 9 atom stereocenters. The summed E-state index contributed by atoms with van der Waals surface area (Å²) in [5.74, 6) is -7.48. The Labute approximate surface area is 403 Å². The van der Waals surface area contributed by atoms with Gasteiger partial charge >= 0.3 is 30.2 Å². The lowest BCUT2D eigenvalue weighted by molar-refractivity contribution is -0.345. The molecule has 2 aromatic rings. The standard InChI is InChI=1S/C43H44Cl6O16/c1-22-26(61-36(54)57-18-24-12-8-6-9-13-24)17-41(56)33(63-34(52)25-14-10-7-11-15-25)31-39(5,32(51)29(30(22)38(41,3)4)35(53)65-60-21-43(47,48)49)27(62-37(55)59-20-42(44,45)46)16-28-40(31,19-58-28)64-23(2)50/h6-15,22,26-28,31,33,56H,16-21H2,1-5H3/t22?,26?,27?,28?,31?,33?,39-,40?,41?/m1/s1. The number of rotatable bonds is 11. The van der Waals surface area contributed by atoms with E-state index in [2.05, 4.69) is 0 Å². The van der Waals surface area contributed by atoms with Crippen molar-refractivity contribution in [2.24, 2.45) is 22.7 Å². The molecule has 1 saturated heterocycles. The van der Waals surface area contributed by atoms with Crippen molar-refractivity contribution in [2.45, 2.75) is 97.3 Å². The maximum absolute atomic E-state index is 16.1. The molecule has 0 amide bonds. The second-order valence-electron chi connectivity index (χ2n) is 16.9. The number of esters is 2. The number of fused-ring (bicyclic) bond motifs is 5. The molecule has 3 fully saturated rings. The molecule has 3 aliphatic carbocycles. The highest BCUT2D eigenvalue weighted by atomic mass is 35.6. The number of hydrogen-bond donors (Lipinski definition) is 1. The molecule has 1 aliphatic heterocycles. The molecule has 1 heterocycles. The number of carbonyl (C=O) groups is 6. The summed E-state index contributed by atoms with van der Waals surface area (Å²) in [4.78, 5) is 95.6. The van der Waals surface area contributed by atoms with E-state index in [4.69, 9.17) is 113 Å². The van der Waals surface area contributed by atoms with Gasteiger partial charge in [0.25, 0.3) is 0 Å². The lowest BCUT2D eigenvalue weighted by Crippen LogP contribution is -2.81. The Balaban J connectivity index is 1.62. The molecule has 65 heavy (non-hydrogen) atoms. The maximum Gasteiger partial charge on any atom is 0.508 e. The van der Waals surface area contributed by atoms with Gasteiger partial charge in [-0.25, -0.2) is 19.2 Å². The summed E-state index contributed by atoms with van der Waals surface area (Å²) in [6.07, 6.45) is -9.99. The quantitative estimate of drug-likeness (QED) is 0.0564. The largest absolute Gasteiger partial charge is 0.508 e. The molecule has 2 saturated carbocycles. The van der Waals surface area contributed by atoms with Gasteiger partial charge in [0.2, 0.25) is 7.59 Å². The molecule has 6 rings (SSSR count). The van der Waals surface area contributed by atoms with Gasteiger partial charge in [-0.15, -0.1) is 0 Å². The Bertz CT molecular complexity index is 2200. The number of ether oxygens (including phenoxy) is 7. The third kappa shape index (κ3) is 10.3. The van der Waals surface area contributed by atoms with Gasteiger partial charge in [-0.3, -0.25) is 14.5 Å². The van der Waals surface area contributed by atoms with Crippen LogP contribution in [0.25, 0.3) is 0 Å². The van der Waals surface area contributed by atoms with Crippen molar-refractivity contribution in [1.29, 1.82) is 0 Å². The van der Waals surface area contributed by atoms with E-state index < -0.39 is 140 Å². The molecule has 354 valence electrons.